The molecule has 0 unspecified atom stereocenters. The van der Waals surface area contributed by atoms with Crippen LogP contribution in [0.3, 0.4) is 0 Å². The van der Waals surface area contributed by atoms with Gasteiger partial charge in [-0.25, -0.2) is 0 Å². The lowest BCUT2D eigenvalue weighted by atomic mass is 9.86. The third-order valence-electron chi connectivity index (χ3n) is 2.69. The molecule has 0 radical (unpaired) electrons. The van der Waals surface area contributed by atoms with Gasteiger partial charge in [0.05, 0.1) is 0 Å². The largest absolute Gasteiger partial charge is 0.295 e. The van der Waals surface area contributed by atoms with Crippen molar-refractivity contribution in [2.24, 2.45) is 0 Å². The average Bonchev–Trinajstić information content (AvgIpc) is 2.17. The van der Waals surface area contributed by atoms with Gasteiger partial charge in [0.25, 0.3) is 0 Å². The quantitative estimate of drug-likeness (QED) is 0.634. The Morgan fingerprint density at radius 3 is 2.79 bits per heavy atom. The third kappa shape index (κ3) is 1.37. The Morgan fingerprint density at radius 2 is 2.07 bits per heavy atom. The first-order chi connectivity index (χ1) is 6.70. The summed E-state index contributed by atoms with van der Waals surface area (Å²) in [6, 6.07) is 5.42. The van der Waals surface area contributed by atoms with Crippen molar-refractivity contribution in [2.75, 3.05) is 0 Å². The average molecular weight is 188 g/mol. The number of hydrogen-bond donors (Lipinski definition) is 0. The van der Waals surface area contributed by atoms with Gasteiger partial charge in [-0.2, -0.15) is 0 Å². The molecule has 1 aromatic carbocycles. The fourth-order valence-electron chi connectivity index (χ4n) is 2.01. The zero-order valence-electron chi connectivity index (χ0n) is 8.17. The molecule has 0 fully saturated rings. The minimum absolute atomic E-state index is 0.0524. The molecular formula is C12H12O2. The van der Waals surface area contributed by atoms with E-state index in [9.17, 15) is 9.59 Å². The number of benzene rings is 1. The molecule has 72 valence electrons. The summed E-state index contributed by atoms with van der Waals surface area (Å²) in [4.78, 5) is 22.9. The maximum atomic E-state index is 11.5. The standard InChI is InChI=1S/C12H12O2/c1-8(13)9-4-2-6-11-10(9)5-3-7-12(11)14/h2,4,6H,3,5,7H2,1H3. The molecule has 1 aromatic rings. The SMILES string of the molecule is CC(=O)c1cccc2c1CCCC2=O. The number of fused-ring (bicyclic) bond motifs is 1. The van der Waals surface area contributed by atoms with Crippen molar-refractivity contribution >= 4 is 11.6 Å². The lowest BCUT2D eigenvalue weighted by Crippen LogP contribution is -2.14. The molecule has 0 spiro atoms. The topological polar surface area (TPSA) is 34.1 Å². The normalized spacial score (nSPS) is 15.1. The van der Waals surface area contributed by atoms with Crippen LogP contribution in [0.15, 0.2) is 18.2 Å². The van der Waals surface area contributed by atoms with Crippen LogP contribution in [-0.4, -0.2) is 11.6 Å². The van der Waals surface area contributed by atoms with Crippen molar-refractivity contribution in [2.45, 2.75) is 26.2 Å². The minimum Gasteiger partial charge on any atom is -0.295 e. The molecule has 1 aliphatic rings. The van der Waals surface area contributed by atoms with Crippen LogP contribution in [0.2, 0.25) is 0 Å². The van der Waals surface area contributed by atoms with Crippen LogP contribution in [0.5, 0.6) is 0 Å². The molecule has 0 heterocycles. The first kappa shape index (κ1) is 9.13. The summed E-state index contributed by atoms with van der Waals surface area (Å²) in [7, 11) is 0. The minimum atomic E-state index is 0.0524. The monoisotopic (exact) mass is 188 g/mol. The Kier molecular flexibility index (Phi) is 2.20. The molecule has 0 aliphatic heterocycles. The summed E-state index contributed by atoms with van der Waals surface area (Å²) >= 11 is 0. The van der Waals surface area contributed by atoms with Crippen LogP contribution in [0, 0.1) is 0 Å². The van der Waals surface area contributed by atoms with Gasteiger partial charge < -0.3 is 0 Å². The molecule has 0 bridgehead atoms. The summed E-state index contributed by atoms with van der Waals surface area (Å²) in [6.07, 6.45) is 2.35. The highest BCUT2D eigenvalue weighted by atomic mass is 16.1. The Bertz CT molecular complexity index is 391. The highest BCUT2D eigenvalue weighted by molar-refractivity contribution is 6.03. The number of hydrogen-bond acceptors (Lipinski definition) is 2. The van der Waals surface area contributed by atoms with Gasteiger partial charge in [0.1, 0.15) is 0 Å². The smallest absolute Gasteiger partial charge is 0.163 e. The predicted octanol–water partition coefficient (Wildman–Crippen LogP) is 2.41. The van der Waals surface area contributed by atoms with Crippen molar-refractivity contribution in [3.63, 3.8) is 0 Å². The van der Waals surface area contributed by atoms with E-state index in [2.05, 4.69) is 0 Å². The lowest BCUT2D eigenvalue weighted by molar-refractivity contribution is 0.0972. The van der Waals surface area contributed by atoms with E-state index in [0.717, 1.165) is 29.5 Å². The Morgan fingerprint density at radius 1 is 1.29 bits per heavy atom. The maximum absolute atomic E-state index is 11.5. The second kappa shape index (κ2) is 3.37. The maximum Gasteiger partial charge on any atom is 0.163 e. The first-order valence-corrected chi connectivity index (χ1v) is 4.86. The molecule has 0 N–H and O–H groups in total. The summed E-state index contributed by atoms with van der Waals surface area (Å²) in [5.74, 6) is 0.228. The fraction of sp³-hybridized carbons (Fsp3) is 0.333. The number of carbonyl (C=O) groups is 2. The van der Waals surface area contributed by atoms with Gasteiger partial charge in [-0.3, -0.25) is 9.59 Å². The van der Waals surface area contributed by atoms with Gasteiger partial charge in [0, 0.05) is 17.5 Å². The van der Waals surface area contributed by atoms with Gasteiger partial charge in [0.2, 0.25) is 0 Å². The molecule has 0 atom stereocenters. The molecule has 2 nitrogen and oxygen atoms in total. The van der Waals surface area contributed by atoms with E-state index in [4.69, 9.17) is 0 Å². The van der Waals surface area contributed by atoms with Crippen molar-refractivity contribution in [1.29, 1.82) is 0 Å². The molecular weight excluding hydrogens is 176 g/mol. The van der Waals surface area contributed by atoms with E-state index < -0.39 is 0 Å². The highest BCUT2D eigenvalue weighted by Gasteiger charge is 2.20. The van der Waals surface area contributed by atoms with Crippen molar-refractivity contribution in [1.82, 2.24) is 0 Å². The highest BCUT2D eigenvalue weighted by Crippen LogP contribution is 2.24. The van der Waals surface area contributed by atoms with Gasteiger partial charge in [-0.05, 0) is 25.3 Å². The summed E-state index contributed by atoms with van der Waals surface area (Å²) in [6.45, 7) is 1.55. The molecule has 14 heavy (non-hydrogen) atoms. The first-order valence-electron chi connectivity index (χ1n) is 4.86. The second-order valence-corrected chi connectivity index (χ2v) is 3.66. The van der Waals surface area contributed by atoms with Gasteiger partial charge in [0.15, 0.2) is 11.6 Å². The van der Waals surface area contributed by atoms with Crippen LogP contribution >= 0.6 is 0 Å². The predicted molar refractivity (Wildman–Crippen MR) is 53.7 cm³/mol. The molecule has 0 saturated carbocycles. The van der Waals surface area contributed by atoms with E-state index in [1.165, 1.54) is 0 Å². The van der Waals surface area contributed by atoms with Crippen LogP contribution in [0.4, 0.5) is 0 Å². The van der Waals surface area contributed by atoms with Crippen molar-refractivity contribution in [3.05, 3.63) is 34.9 Å². The number of carbonyl (C=O) groups excluding carboxylic acids is 2. The molecule has 0 aromatic heterocycles. The summed E-state index contributed by atoms with van der Waals surface area (Å²) in [5.41, 5.74) is 2.43. The van der Waals surface area contributed by atoms with Crippen LogP contribution in [-0.2, 0) is 6.42 Å². The van der Waals surface area contributed by atoms with Gasteiger partial charge >= 0.3 is 0 Å². The second-order valence-electron chi connectivity index (χ2n) is 3.66. The van der Waals surface area contributed by atoms with Crippen LogP contribution < -0.4 is 0 Å². The fourth-order valence-corrected chi connectivity index (χ4v) is 2.01. The van der Waals surface area contributed by atoms with Gasteiger partial charge in [-0.15, -0.1) is 0 Å². The van der Waals surface area contributed by atoms with E-state index >= 15 is 0 Å². The molecule has 1 aliphatic carbocycles. The number of Topliss-reactive ketones (excluding diaryl/α,β-unsaturated/α-hetero) is 2. The van der Waals surface area contributed by atoms with Crippen molar-refractivity contribution in [3.8, 4) is 0 Å². The van der Waals surface area contributed by atoms with Crippen molar-refractivity contribution < 1.29 is 9.59 Å². The third-order valence-corrected chi connectivity index (χ3v) is 2.69. The zero-order chi connectivity index (χ0) is 10.1. The number of rotatable bonds is 1. The molecule has 2 heteroatoms. The van der Waals surface area contributed by atoms with Crippen LogP contribution in [0.25, 0.3) is 0 Å². The summed E-state index contributed by atoms with van der Waals surface area (Å²) < 4.78 is 0. The number of ketones is 2. The van der Waals surface area contributed by atoms with E-state index in [0.29, 0.717) is 6.42 Å². The van der Waals surface area contributed by atoms with Gasteiger partial charge in [-0.1, -0.05) is 18.2 Å². The Balaban J connectivity index is 2.60. The molecule has 2 rings (SSSR count). The molecule has 0 saturated heterocycles. The lowest BCUT2D eigenvalue weighted by Gasteiger charge is -2.16. The van der Waals surface area contributed by atoms with Crippen LogP contribution in [0.1, 0.15) is 46.0 Å². The Hall–Kier alpha value is -1.44. The van der Waals surface area contributed by atoms with E-state index in [1.807, 2.05) is 6.07 Å². The zero-order valence-corrected chi connectivity index (χ0v) is 8.17. The van der Waals surface area contributed by atoms with E-state index in [1.54, 1.807) is 19.1 Å². The summed E-state index contributed by atoms with van der Waals surface area (Å²) in [5, 5.41) is 0. The Labute approximate surface area is 82.9 Å². The molecule has 0 amide bonds. The van der Waals surface area contributed by atoms with E-state index in [-0.39, 0.29) is 11.6 Å².